The van der Waals surface area contributed by atoms with Crippen molar-refractivity contribution in [3.63, 3.8) is 0 Å². The van der Waals surface area contributed by atoms with Gasteiger partial charge in [-0.1, -0.05) is 30.3 Å². The van der Waals surface area contributed by atoms with Crippen LogP contribution in [0.3, 0.4) is 0 Å². The Labute approximate surface area is 139 Å². The van der Waals surface area contributed by atoms with E-state index in [1.54, 1.807) is 12.4 Å². The molecule has 0 aliphatic carbocycles. The van der Waals surface area contributed by atoms with Crippen LogP contribution < -0.4 is 5.32 Å². The first kappa shape index (κ1) is 16.6. The number of aromatic nitrogens is 4. The van der Waals surface area contributed by atoms with Crippen LogP contribution in [0.25, 0.3) is 11.4 Å². The van der Waals surface area contributed by atoms with Crippen molar-refractivity contribution >= 4 is 18.3 Å². The van der Waals surface area contributed by atoms with Gasteiger partial charge in [0.1, 0.15) is 5.82 Å². The summed E-state index contributed by atoms with van der Waals surface area (Å²) in [6, 6.07) is 13.4. The minimum absolute atomic E-state index is 0. The SMILES string of the molecule is Cl.O=C(Cc1nc(-c2ccncc2)n[nH]1)NCc1ccccc1. The van der Waals surface area contributed by atoms with E-state index in [-0.39, 0.29) is 24.7 Å². The highest BCUT2D eigenvalue weighted by Gasteiger charge is 2.09. The molecule has 0 saturated heterocycles. The summed E-state index contributed by atoms with van der Waals surface area (Å²) < 4.78 is 0. The zero-order chi connectivity index (χ0) is 15.2. The van der Waals surface area contributed by atoms with E-state index in [1.807, 2.05) is 42.5 Å². The molecule has 3 aromatic rings. The van der Waals surface area contributed by atoms with Crippen LogP contribution in [0.4, 0.5) is 0 Å². The fourth-order valence-corrected chi connectivity index (χ4v) is 2.02. The lowest BCUT2D eigenvalue weighted by molar-refractivity contribution is -0.120. The van der Waals surface area contributed by atoms with E-state index in [1.165, 1.54) is 0 Å². The monoisotopic (exact) mass is 329 g/mol. The van der Waals surface area contributed by atoms with Crippen molar-refractivity contribution in [2.24, 2.45) is 0 Å². The number of rotatable bonds is 5. The Bertz CT molecular complexity index is 745. The van der Waals surface area contributed by atoms with E-state index in [0.29, 0.717) is 18.2 Å². The fraction of sp³-hybridized carbons (Fsp3) is 0.125. The van der Waals surface area contributed by atoms with Crippen LogP contribution in [0, 0.1) is 0 Å². The summed E-state index contributed by atoms with van der Waals surface area (Å²) >= 11 is 0. The number of amides is 1. The van der Waals surface area contributed by atoms with Crippen molar-refractivity contribution in [2.45, 2.75) is 13.0 Å². The minimum Gasteiger partial charge on any atom is -0.352 e. The van der Waals surface area contributed by atoms with Gasteiger partial charge in [-0.25, -0.2) is 4.98 Å². The average Bonchev–Trinajstić information content (AvgIpc) is 3.03. The summed E-state index contributed by atoms with van der Waals surface area (Å²) in [4.78, 5) is 20.2. The van der Waals surface area contributed by atoms with Gasteiger partial charge in [-0.2, -0.15) is 5.10 Å². The van der Waals surface area contributed by atoms with E-state index in [9.17, 15) is 4.79 Å². The highest BCUT2D eigenvalue weighted by Crippen LogP contribution is 2.12. The molecule has 0 bridgehead atoms. The predicted molar refractivity (Wildman–Crippen MR) is 88.9 cm³/mol. The summed E-state index contributed by atoms with van der Waals surface area (Å²) in [6.07, 6.45) is 3.53. The Morgan fingerprint density at radius 2 is 1.83 bits per heavy atom. The number of nitrogens with zero attached hydrogens (tertiary/aromatic N) is 3. The second-order valence-electron chi connectivity index (χ2n) is 4.78. The number of nitrogens with one attached hydrogen (secondary N) is 2. The zero-order valence-corrected chi connectivity index (χ0v) is 13.1. The predicted octanol–water partition coefficient (Wildman–Crippen LogP) is 2.15. The van der Waals surface area contributed by atoms with Crippen molar-refractivity contribution in [1.29, 1.82) is 0 Å². The molecular weight excluding hydrogens is 314 g/mol. The van der Waals surface area contributed by atoms with E-state index in [0.717, 1.165) is 11.1 Å². The van der Waals surface area contributed by atoms with Crippen molar-refractivity contribution in [2.75, 3.05) is 0 Å². The van der Waals surface area contributed by atoms with Crippen molar-refractivity contribution < 1.29 is 4.79 Å². The number of benzene rings is 1. The summed E-state index contributed by atoms with van der Waals surface area (Å²) in [5.74, 6) is 1.01. The van der Waals surface area contributed by atoms with Gasteiger partial charge in [0, 0.05) is 24.5 Å². The molecule has 1 aromatic carbocycles. The smallest absolute Gasteiger partial charge is 0.227 e. The largest absolute Gasteiger partial charge is 0.352 e. The molecule has 0 saturated carbocycles. The van der Waals surface area contributed by atoms with E-state index >= 15 is 0 Å². The van der Waals surface area contributed by atoms with E-state index in [4.69, 9.17) is 0 Å². The zero-order valence-electron chi connectivity index (χ0n) is 12.3. The first-order valence-electron chi connectivity index (χ1n) is 6.93. The van der Waals surface area contributed by atoms with Crippen molar-refractivity contribution in [1.82, 2.24) is 25.5 Å². The van der Waals surface area contributed by atoms with Crippen molar-refractivity contribution in [3.8, 4) is 11.4 Å². The third-order valence-electron chi connectivity index (χ3n) is 3.13. The highest BCUT2D eigenvalue weighted by molar-refractivity contribution is 5.85. The van der Waals surface area contributed by atoms with Gasteiger partial charge in [0.25, 0.3) is 0 Å². The first-order chi connectivity index (χ1) is 10.8. The van der Waals surface area contributed by atoms with Crippen LogP contribution in [0.5, 0.6) is 0 Å². The molecule has 1 amide bonds. The fourth-order valence-electron chi connectivity index (χ4n) is 2.02. The third-order valence-corrected chi connectivity index (χ3v) is 3.13. The summed E-state index contributed by atoms with van der Waals surface area (Å²) in [5.41, 5.74) is 1.92. The van der Waals surface area contributed by atoms with Gasteiger partial charge in [0.05, 0.1) is 6.42 Å². The molecule has 0 aliphatic heterocycles. The van der Waals surface area contributed by atoms with Gasteiger partial charge < -0.3 is 5.32 Å². The molecule has 0 spiro atoms. The van der Waals surface area contributed by atoms with Crippen LogP contribution in [0.15, 0.2) is 54.9 Å². The molecular formula is C16H16ClN5O. The van der Waals surface area contributed by atoms with E-state index in [2.05, 4.69) is 25.5 Å². The highest BCUT2D eigenvalue weighted by atomic mass is 35.5. The molecule has 23 heavy (non-hydrogen) atoms. The number of hydrogen-bond donors (Lipinski definition) is 2. The molecule has 3 rings (SSSR count). The number of hydrogen-bond acceptors (Lipinski definition) is 4. The molecule has 6 nitrogen and oxygen atoms in total. The number of carbonyl (C=O) groups is 1. The van der Waals surface area contributed by atoms with Gasteiger partial charge in [-0.05, 0) is 17.7 Å². The number of H-pyrrole nitrogens is 1. The van der Waals surface area contributed by atoms with Gasteiger partial charge in [-0.15, -0.1) is 12.4 Å². The molecule has 0 fully saturated rings. The number of aromatic amines is 1. The van der Waals surface area contributed by atoms with Gasteiger partial charge in [0.15, 0.2) is 5.82 Å². The number of halogens is 1. The molecule has 0 radical (unpaired) electrons. The summed E-state index contributed by atoms with van der Waals surface area (Å²) in [5, 5.41) is 9.76. The molecule has 2 aromatic heterocycles. The Hall–Kier alpha value is -2.73. The molecule has 0 atom stereocenters. The maximum atomic E-state index is 11.9. The molecule has 7 heteroatoms. The molecule has 0 unspecified atom stereocenters. The van der Waals surface area contributed by atoms with Gasteiger partial charge in [0.2, 0.25) is 5.91 Å². The molecule has 2 N–H and O–H groups in total. The topological polar surface area (TPSA) is 83.6 Å². The van der Waals surface area contributed by atoms with Gasteiger partial charge in [-0.3, -0.25) is 14.9 Å². The summed E-state index contributed by atoms with van der Waals surface area (Å²) in [6.45, 7) is 0.505. The Morgan fingerprint density at radius 1 is 1.09 bits per heavy atom. The van der Waals surface area contributed by atoms with Crippen LogP contribution in [-0.2, 0) is 17.8 Å². The second-order valence-corrected chi connectivity index (χ2v) is 4.78. The van der Waals surface area contributed by atoms with Crippen LogP contribution >= 0.6 is 12.4 Å². The minimum atomic E-state index is -0.0960. The Kier molecular flexibility index (Phi) is 5.82. The maximum absolute atomic E-state index is 11.9. The lowest BCUT2D eigenvalue weighted by atomic mass is 10.2. The van der Waals surface area contributed by atoms with Crippen molar-refractivity contribution in [3.05, 3.63) is 66.2 Å². The first-order valence-corrected chi connectivity index (χ1v) is 6.93. The normalized spacial score (nSPS) is 9.91. The summed E-state index contributed by atoms with van der Waals surface area (Å²) in [7, 11) is 0. The Morgan fingerprint density at radius 3 is 2.57 bits per heavy atom. The van der Waals surface area contributed by atoms with Gasteiger partial charge >= 0.3 is 0 Å². The standard InChI is InChI=1S/C16H15N5O.ClH/c22-15(18-11-12-4-2-1-3-5-12)10-14-19-16(21-20-14)13-6-8-17-9-7-13;/h1-9H,10-11H2,(H,18,22)(H,19,20,21);1H. The quantitative estimate of drug-likeness (QED) is 0.751. The molecule has 2 heterocycles. The number of pyridine rings is 1. The van der Waals surface area contributed by atoms with E-state index < -0.39 is 0 Å². The lowest BCUT2D eigenvalue weighted by Gasteiger charge is -2.03. The Balaban J connectivity index is 0.00000192. The van der Waals surface area contributed by atoms with Crippen LogP contribution in [-0.4, -0.2) is 26.1 Å². The van der Waals surface area contributed by atoms with Crippen LogP contribution in [0.2, 0.25) is 0 Å². The lowest BCUT2D eigenvalue weighted by Crippen LogP contribution is -2.24. The van der Waals surface area contributed by atoms with Crippen LogP contribution in [0.1, 0.15) is 11.4 Å². The molecule has 118 valence electrons. The maximum Gasteiger partial charge on any atom is 0.227 e. The molecule has 0 aliphatic rings. The third kappa shape index (κ3) is 4.62. The second kappa shape index (κ2) is 8.05. The average molecular weight is 330 g/mol. The number of carbonyl (C=O) groups excluding carboxylic acids is 1.